The number of nitrogens with one attached hydrogen (secondary N) is 1. The number of hydrogen-bond acceptors (Lipinski definition) is 4. The molecule has 0 amide bonds. The highest BCUT2D eigenvalue weighted by Crippen LogP contribution is 2.22. The first-order valence-electron chi connectivity index (χ1n) is 4.87. The molecule has 5 heteroatoms. The highest BCUT2D eigenvalue weighted by atomic mass is 32.2. The SMILES string of the molecule is CC1CN=C(Nc2ccc(F)c(C#N)c2)S1. The van der Waals surface area contributed by atoms with Crippen LogP contribution < -0.4 is 5.32 Å². The van der Waals surface area contributed by atoms with Crippen molar-refractivity contribution in [3.05, 3.63) is 29.6 Å². The Morgan fingerprint density at radius 1 is 1.62 bits per heavy atom. The lowest BCUT2D eigenvalue weighted by atomic mass is 10.2. The van der Waals surface area contributed by atoms with E-state index in [0.717, 1.165) is 11.7 Å². The van der Waals surface area contributed by atoms with E-state index in [9.17, 15) is 4.39 Å². The first-order chi connectivity index (χ1) is 7.69. The minimum absolute atomic E-state index is 0.0432. The fraction of sp³-hybridized carbons (Fsp3) is 0.273. The quantitative estimate of drug-likeness (QED) is 0.814. The molecule has 2 rings (SSSR count). The molecule has 1 aromatic carbocycles. The van der Waals surface area contributed by atoms with E-state index in [1.807, 2.05) is 6.07 Å². The predicted molar refractivity (Wildman–Crippen MR) is 64.1 cm³/mol. The van der Waals surface area contributed by atoms with Gasteiger partial charge in [-0.2, -0.15) is 5.26 Å². The molecular formula is C11H10FN3S. The van der Waals surface area contributed by atoms with Gasteiger partial charge in [0.05, 0.1) is 12.1 Å². The molecule has 0 radical (unpaired) electrons. The second kappa shape index (κ2) is 4.54. The molecular weight excluding hydrogens is 225 g/mol. The smallest absolute Gasteiger partial charge is 0.161 e. The number of anilines is 1. The van der Waals surface area contributed by atoms with Crippen molar-refractivity contribution >= 4 is 22.6 Å². The zero-order chi connectivity index (χ0) is 11.5. The van der Waals surface area contributed by atoms with E-state index in [1.54, 1.807) is 17.8 Å². The summed E-state index contributed by atoms with van der Waals surface area (Å²) < 4.78 is 13.1. The van der Waals surface area contributed by atoms with Gasteiger partial charge in [-0.3, -0.25) is 4.99 Å². The summed E-state index contributed by atoms with van der Waals surface area (Å²) in [5.41, 5.74) is 0.736. The number of rotatable bonds is 1. The van der Waals surface area contributed by atoms with Gasteiger partial charge in [-0.1, -0.05) is 18.7 Å². The molecule has 0 aliphatic carbocycles. The van der Waals surface area contributed by atoms with Gasteiger partial charge < -0.3 is 5.32 Å². The highest BCUT2D eigenvalue weighted by molar-refractivity contribution is 8.15. The van der Waals surface area contributed by atoms with Crippen molar-refractivity contribution in [3.63, 3.8) is 0 Å². The largest absolute Gasteiger partial charge is 0.335 e. The Morgan fingerprint density at radius 2 is 2.44 bits per heavy atom. The fourth-order valence-corrected chi connectivity index (χ4v) is 2.21. The second-order valence-electron chi connectivity index (χ2n) is 3.51. The molecule has 3 nitrogen and oxygen atoms in total. The number of aliphatic imine (C=N–C) groups is 1. The highest BCUT2D eigenvalue weighted by Gasteiger charge is 2.15. The van der Waals surface area contributed by atoms with Crippen LogP contribution in [-0.2, 0) is 0 Å². The summed E-state index contributed by atoms with van der Waals surface area (Å²) in [6.07, 6.45) is 0. The molecule has 1 aliphatic heterocycles. The normalized spacial score (nSPS) is 19.1. The van der Waals surface area contributed by atoms with Crippen LogP contribution in [0.5, 0.6) is 0 Å². The monoisotopic (exact) mass is 235 g/mol. The van der Waals surface area contributed by atoms with E-state index in [4.69, 9.17) is 5.26 Å². The maximum Gasteiger partial charge on any atom is 0.161 e. The molecule has 0 saturated carbocycles. The number of nitriles is 1. The van der Waals surface area contributed by atoms with Gasteiger partial charge in [0, 0.05) is 10.9 Å². The topological polar surface area (TPSA) is 48.2 Å². The summed E-state index contributed by atoms with van der Waals surface area (Å²) in [6.45, 7) is 2.88. The molecule has 16 heavy (non-hydrogen) atoms. The van der Waals surface area contributed by atoms with E-state index >= 15 is 0 Å². The van der Waals surface area contributed by atoms with Crippen LogP contribution >= 0.6 is 11.8 Å². The van der Waals surface area contributed by atoms with Gasteiger partial charge >= 0.3 is 0 Å². The molecule has 1 atom stereocenters. The Hall–Kier alpha value is -1.54. The van der Waals surface area contributed by atoms with E-state index in [0.29, 0.717) is 10.9 Å². The second-order valence-corrected chi connectivity index (χ2v) is 4.93. The molecule has 0 fully saturated rings. The van der Waals surface area contributed by atoms with Crippen molar-refractivity contribution in [3.8, 4) is 6.07 Å². The average Bonchev–Trinajstić information content (AvgIpc) is 2.67. The van der Waals surface area contributed by atoms with Gasteiger partial charge in [-0.25, -0.2) is 4.39 Å². The summed E-state index contributed by atoms with van der Waals surface area (Å²) in [7, 11) is 0. The van der Waals surface area contributed by atoms with Gasteiger partial charge in [0.15, 0.2) is 5.17 Å². The maximum absolute atomic E-state index is 13.1. The van der Waals surface area contributed by atoms with Crippen LogP contribution in [0.25, 0.3) is 0 Å². The number of halogens is 1. The Bertz CT molecular complexity index is 479. The molecule has 82 valence electrons. The van der Waals surface area contributed by atoms with Crippen LogP contribution in [0.2, 0.25) is 0 Å². The molecule has 1 aliphatic rings. The molecule has 1 N–H and O–H groups in total. The molecule has 0 spiro atoms. The van der Waals surface area contributed by atoms with Gasteiger partial charge in [0.1, 0.15) is 11.9 Å². The van der Waals surface area contributed by atoms with Crippen LogP contribution in [0.3, 0.4) is 0 Å². The van der Waals surface area contributed by atoms with Crippen molar-refractivity contribution < 1.29 is 4.39 Å². The molecule has 0 aromatic heterocycles. The fourth-order valence-electron chi connectivity index (χ4n) is 1.36. The Balaban J connectivity index is 2.14. The van der Waals surface area contributed by atoms with E-state index in [2.05, 4.69) is 17.2 Å². The summed E-state index contributed by atoms with van der Waals surface area (Å²) in [6, 6.07) is 6.18. The van der Waals surface area contributed by atoms with Crippen molar-refractivity contribution in [2.75, 3.05) is 11.9 Å². The minimum Gasteiger partial charge on any atom is -0.335 e. The first kappa shape index (κ1) is 11.0. The zero-order valence-electron chi connectivity index (χ0n) is 8.70. The lowest BCUT2D eigenvalue weighted by Gasteiger charge is -2.06. The third-order valence-electron chi connectivity index (χ3n) is 2.14. The Kier molecular flexibility index (Phi) is 3.11. The van der Waals surface area contributed by atoms with Gasteiger partial charge in [0.2, 0.25) is 0 Å². The lowest BCUT2D eigenvalue weighted by molar-refractivity contribution is 0.624. The molecule has 1 aromatic rings. The van der Waals surface area contributed by atoms with Crippen LogP contribution in [0.4, 0.5) is 10.1 Å². The van der Waals surface area contributed by atoms with Crippen molar-refractivity contribution in [1.82, 2.24) is 0 Å². The van der Waals surface area contributed by atoms with E-state index in [1.165, 1.54) is 12.1 Å². The zero-order valence-corrected chi connectivity index (χ0v) is 9.51. The number of nitrogens with zero attached hydrogens (tertiary/aromatic N) is 2. The van der Waals surface area contributed by atoms with Crippen molar-refractivity contribution in [2.45, 2.75) is 12.2 Å². The number of amidine groups is 1. The minimum atomic E-state index is -0.498. The van der Waals surface area contributed by atoms with E-state index in [-0.39, 0.29) is 5.56 Å². The number of benzene rings is 1. The van der Waals surface area contributed by atoms with Gasteiger partial charge in [-0.05, 0) is 18.2 Å². The lowest BCUT2D eigenvalue weighted by Crippen LogP contribution is -2.06. The Labute approximate surface area is 97.4 Å². The van der Waals surface area contributed by atoms with Gasteiger partial charge in [0.25, 0.3) is 0 Å². The average molecular weight is 235 g/mol. The third-order valence-corrected chi connectivity index (χ3v) is 3.15. The summed E-state index contributed by atoms with van der Waals surface area (Å²) >= 11 is 1.64. The summed E-state index contributed by atoms with van der Waals surface area (Å²) in [5.74, 6) is -0.498. The Morgan fingerprint density at radius 3 is 3.06 bits per heavy atom. The third kappa shape index (κ3) is 2.34. The molecule has 0 saturated heterocycles. The molecule has 0 bridgehead atoms. The first-order valence-corrected chi connectivity index (χ1v) is 5.75. The van der Waals surface area contributed by atoms with Crippen LogP contribution in [0.15, 0.2) is 23.2 Å². The van der Waals surface area contributed by atoms with Crippen LogP contribution in [0, 0.1) is 17.1 Å². The van der Waals surface area contributed by atoms with Crippen LogP contribution in [0.1, 0.15) is 12.5 Å². The predicted octanol–water partition coefficient (Wildman–Crippen LogP) is 2.60. The van der Waals surface area contributed by atoms with E-state index < -0.39 is 5.82 Å². The van der Waals surface area contributed by atoms with Crippen molar-refractivity contribution in [1.29, 1.82) is 5.26 Å². The maximum atomic E-state index is 13.1. The number of thioether (sulfide) groups is 1. The summed E-state index contributed by atoms with van der Waals surface area (Å²) in [5, 5.41) is 13.1. The van der Waals surface area contributed by atoms with Crippen LogP contribution in [-0.4, -0.2) is 17.0 Å². The van der Waals surface area contributed by atoms with Crippen molar-refractivity contribution in [2.24, 2.45) is 4.99 Å². The molecule has 1 unspecified atom stereocenters. The summed E-state index contributed by atoms with van der Waals surface area (Å²) in [4.78, 5) is 4.28. The molecule has 1 heterocycles. The van der Waals surface area contributed by atoms with Gasteiger partial charge in [-0.15, -0.1) is 0 Å². The standard InChI is InChI=1S/C11H10FN3S/c1-7-6-14-11(16-7)15-9-2-3-10(12)8(4-9)5-13/h2-4,7H,6H2,1H3,(H,14,15). The number of hydrogen-bond donors (Lipinski definition) is 1.